The summed E-state index contributed by atoms with van der Waals surface area (Å²) in [4.78, 5) is 18.4. The average Bonchev–Trinajstić information content (AvgIpc) is 3.23. The van der Waals surface area contributed by atoms with Gasteiger partial charge in [0.15, 0.2) is 5.13 Å². The zero-order valence-electron chi connectivity index (χ0n) is 16.9. The van der Waals surface area contributed by atoms with Crippen molar-refractivity contribution in [3.8, 4) is 33.2 Å². The van der Waals surface area contributed by atoms with Crippen molar-refractivity contribution in [3.05, 3.63) is 82.8 Å². The lowest BCUT2D eigenvalue weighted by Crippen LogP contribution is -2.11. The number of hydrogen-bond acceptors (Lipinski definition) is 5. The molecule has 5 nitrogen and oxygen atoms in total. The molecule has 1 aromatic heterocycles. The number of hydrogen-bond donors (Lipinski definition) is 1. The molecule has 1 heterocycles. The molecular formula is C24H19BrN2O3S. The zero-order chi connectivity index (χ0) is 21.8. The summed E-state index contributed by atoms with van der Waals surface area (Å²) in [5.41, 5.74) is 3.29. The fourth-order valence-corrected chi connectivity index (χ4v) is 4.28. The lowest BCUT2D eigenvalue weighted by atomic mass is 10.1. The van der Waals surface area contributed by atoms with Crippen molar-refractivity contribution in [2.24, 2.45) is 0 Å². The van der Waals surface area contributed by atoms with Gasteiger partial charge in [0, 0.05) is 15.6 Å². The summed E-state index contributed by atoms with van der Waals surface area (Å²) in [5.74, 6) is 1.35. The molecule has 1 N–H and O–H groups in total. The molecule has 31 heavy (non-hydrogen) atoms. The van der Waals surface area contributed by atoms with E-state index in [1.54, 1.807) is 26.4 Å². The highest BCUT2D eigenvalue weighted by molar-refractivity contribution is 9.10. The predicted octanol–water partition coefficient (Wildman–Crippen LogP) is 6.51. The number of amides is 1. The Hall–Kier alpha value is -3.16. The monoisotopic (exact) mass is 494 g/mol. The quantitative estimate of drug-likeness (QED) is 0.331. The van der Waals surface area contributed by atoms with Crippen LogP contribution in [0.1, 0.15) is 10.4 Å². The molecule has 156 valence electrons. The van der Waals surface area contributed by atoms with E-state index in [-0.39, 0.29) is 5.91 Å². The smallest absolute Gasteiger partial charge is 0.257 e. The molecule has 4 rings (SSSR count). The van der Waals surface area contributed by atoms with Crippen LogP contribution in [0.2, 0.25) is 0 Å². The first-order valence-electron chi connectivity index (χ1n) is 9.44. The van der Waals surface area contributed by atoms with Crippen LogP contribution in [0.25, 0.3) is 21.7 Å². The third kappa shape index (κ3) is 4.78. The second-order valence-electron chi connectivity index (χ2n) is 6.61. The van der Waals surface area contributed by atoms with Crippen LogP contribution in [0.15, 0.2) is 77.3 Å². The summed E-state index contributed by atoms with van der Waals surface area (Å²) < 4.78 is 11.5. The fraction of sp³-hybridized carbons (Fsp3) is 0.0833. The normalized spacial score (nSPS) is 10.5. The summed E-state index contributed by atoms with van der Waals surface area (Å²) in [6, 6.07) is 22.7. The van der Waals surface area contributed by atoms with E-state index >= 15 is 0 Å². The molecule has 0 fully saturated rings. The van der Waals surface area contributed by atoms with E-state index in [9.17, 15) is 4.79 Å². The molecule has 0 atom stereocenters. The number of carbonyl (C=O) groups excluding carboxylic acids is 1. The number of nitrogens with zero attached hydrogens (tertiary/aromatic N) is 1. The van der Waals surface area contributed by atoms with Gasteiger partial charge in [0.05, 0.1) is 24.8 Å². The molecule has 0 aliphatic carbocycles. The molecule has 0 spiro atoms. The highest BCUT2D eigenvalue weighted by Gasteiger charge is 2.17. The van der Waals surface area contributed by atoms with Crippen molar-refractivity contribution in [2.75, 3.05) is 19.5 Å². The summed E-state index contributed by atoms with van der Waals surface area (Å²) >= 11 is 4.82. The summed E-state index contributed by atoms with van der Waals surface area (Å²) in [7, 11) is 3.27. The Morgan fingerprint density at radius 3 is 1.94 bits per heavy atom. The van der Waals surface area contributed by atoms with Crippen molar-refractivity contribution in [1.29, 1.82) is 0 Å². The number of aromatic nitrogens is 1. The van der Waals surface area contributed by atoms with Crippen LogP contribution in [0, 0.1) is 0 Å². The van der Waals surface area contributed by atoms with Gasteiger partial charge in [-0.3, -0.25) is 10.1 Å². The van der Waals surface area contributed by atoms with Crippen LogP contribution in [0.3, 0.4) is 0 Å². The van der Waals surface area contributed by atoms with Crippen molar-refractivity contribution in [2.45, 2.75) is 0 Å². The highest BCUT2D eigenvalue weighted by atomic mass is 79.9. The Morgan fingerprint density at radius 2 is 1.39 bits per heavy atom. The molecule has 0 bridgehead atoms. The zero-order valence-corrected chi connectivity index (χ0v) is 19.3. The maximum absolute atomic E-state index is 12.7. The summed E-state index contributed by atoms with van der Waals surface area (Å²) in [6.07, 6.45) is 0. The van der Waals surface area contributed by atoms with Gasteiger partial charge in [-0.05, 0) is 78.4 Å². The molecule has 3 aromatic carbocycles. The first-order chi connectivity index (χ1) is 15.1. The largest absolute Gasteiger partial charge is 0.497 e. The fourth-order valence-electron chi connectivity index (χ4n) is 3.03. The number of carbonyl (C=O) groups is 1. The van der Waals surface area contributed by atoms with Gasteiger partial charge in [-0.2, -0.15) is 0 Å². The number of rotatable bonds is 6. The molecule has 7 heteroatoms. The first-order valence-corrected chi connectivity index (χ1v) is 11.0. The Kier molecular flexibility index (Phi) is 6.34. The molecule has 0 unspecified atom stereocenters. The minimum atomic E-state index is -0.205. The van der Waals surface area contributed by atoms with E-state index < -0.39 is 0 Å². The van der Waals surface area contributed by atoms with Gasteiger partial charge in [0.25, 0.3) is 5.91 Å². The molecule has 4 aromatic rings. The van der Waals surface area contributed by atoms with E-state index in [0.717, 1.165) is 37.7 Å². The SMILES string of the molecule is COc1ccc(-c2nc(NC(=O)c3ccc(Br)cc3)sc2-c2ccc(OC)cc2)cc1. The topological polar surface area (TPSA) is 60.5 Å². The lowest BCUT2D eigenvalue weighted by molar-refractivity contribution is 0.102. The molecule has 0 aliphatic rings. The minimum absolute atomic E-state index is 0.205. The van der Waals surface area contributed by atoms with Crippen LogP contribution < -0.4 is 14.8 Å². The molecule has 0 radical (unpaired) electrons. The van der Waals surface area contributed by atoms with Gasteiger partial charge in [-0.15, -0.1) is 0 Å². The standard InChI is InChI=1S/C24H19BrN2O3S/c1-29-19-11-5-15(6-12-19)21-22(16-7-13-20(30-2)14-8-16)31-24(26-21)27-23(28)17-3-9-18(25)10-4-17/h3-14H,1-2H3,(H,26,27,28). The van der Waals surface area contributed by atoms with E-state index in [0.29, 0.717) is 10.7 Å². The van der Waals surface area contributed by atoms with E-state index in [2.05, 4.69) is 21.2 Å². The van der Waals surface area contributed by atoms with Crippen LogP contribution in [-0.4, -0.2) is 25.1 Å². The Bertz CT molecular complexity index is 1120. The van der Waals surface area contributed by atoms with E-state index in [4.69, 9.17) is 14.5 Å². The van der Waals surface area contributed by atoms with Gasteiger partial charge >= 0.3 is 0 Å². The minimum Gasteiger partial charge on any atom is -0.497 e. The number of benzene rings is 3. The Labute approximate surface area is 192 Å². The number of ether oxygens (including phenoxy) is 2. The first kappa shape index (κ1) is 21.1. The third-order valence-corrected chi connectivity index (χ3v) is 6.22. The highest BCUT2D eigenvalue weighted by Crippen LogP contribution is 2.40. The van der Waals surface area contributed by atoms with Crippen LogP contribution in [0.5, 0.6) is 11.5 Å². The number of thiazole rings is 1. The van der Waals surface area contributed by atoms with Crippen LogP contribution in [0.4, 0.5) is 5.13 Å². The summed E-state index contributed by atoms with van der Waals surface area (Å²) in [5, 5.41) is 3.46. The number of nitrogens with one attached hydrogen (secondary N) is 1. The molecule has 0 saturated heterocycles. The maximum atomic E-state index is 12.7. The Morgan fingerprint density at radius 1 is 0.839 bits per heavy atom. The molecular weight excluding hydrogens is 476 g/mol. The second kappa shape index (κ2) is 9.32. The van der Waals surface area contributed by atoms with Crippen molar-refractivity contribution >= 4 is 38.3 Å². The van der Waals surface area contributed by atoms with Gasteiger partial charge < -0.3 is 9.47 Å². The number of methoxy groups -OCH3 is 2. The van der Waals surface area contributed by atoms with E-state index in [1.165, 1.54) is 11.3 Å². The van der Waals surface area contributed by atoms with Crippen LogP contribution in [-0.2, 0) is 0 Å². The molecule has 0 aliphatic heterocycles. The third-order valence-electron chi connectivity index (χ3n) is 4.67. The lowest BCUT2D eigenvalue weighted by Gasteiger charge is -2.05. The van der Waals surface area contributed by atoms with E-state index in [1.807, 2.05) is 60.7 Å². The van der Waals surface area contributed by atoms with Crippen molar-refractivity contribution in [1.82, 2.24) is 4.98 Å². The van der Waals surface area contributed by atoms with Crippen LogP contribution >= 0.6 is 27.3 Å². The molecule has 0 saturated carbocycles. The number of anilines is 1. The van der Waals surface area contributed by atoms with Crippen molar-refractivity contribution in [3.63, 3.8) is 0 Å². The second-order valence-corrected chi connectivity index (χ2v) is 8.53. The maximum Gasteiger partial charge on any atom is 0.257 e. The summed E-state index contributed by atoms with van der Waals surface area (Å²) in [6.45, 7) is 0. The average molecular weight is 495 g/mol. The molecule has 1 amide bonds. The van der Waals surface area contributed by atoms with Gasteiger partial charge in [0.1, 0.15) is 11.5 Å². The number of halogens is 1. The van der Waals surface area contributed by atoms with Gasteiger partial charge in [-0.1, -0.05) is 27.3 Å². The van der Waals surface area contributed by atoms with Crippen molar-refractivity contribution < 1.29 is 14.3 Å². The predicted molar refractivity (Wildman–Crippen MR) is 128 cm³/mol. The Balaban J connectivity index is 1.71. The van der Waals surface area contributed by atoms with Gasteiger partial charge in [0.2, 0.25) is 0 Å². The van der Waals surface area contributed by atoms with Gasteiger partial charge in [-0.25, -0.2) is 4.98 Å².